The number of hydrogen-bond acceptors (Lipinski definition) is 3. The summed E-state index contributed by atoms with van der Waals surface area (Å²) in [5.74, 6) is 0.774. The summed E-state index contributed by atoms with van der Waals surface area (Å²) < 4.78 is 5.54. The molecule has 84 valence electrons. The lowest BCUT2D eigenvalue weighted by Crippen LogP contribution is -2.08. The number of ether oxygens (including phenoxy) is 1. The lowest BCUT2D eigenvalue weighted by atomic mass is 10.3. The summed E-state index contributed by atoms with van der Waals surface area (Å²) in [7, 11) is 0. The van der Waals surface area contributed by atoms with Crippen LogP contribution in [0, 0.1) is 0 Å². The van der Waals surface area contributed by atoms with Gasteiger partial charge in [0.1, 0.15) is 12.4 Å². The van der Waals surface area contributed by atoms with Crippen LogP contribution in [-0.4, -0.2) is 12.3 Å². The molecule has 3 heteroatoms. The number of allylic oxidation sites excluding steroid dienone is 1. The third-order valence-electron chi connectivity index (χ3n) is 1.88. The topological polar surface area (TPSA) is 47.6 Å². The van der Waals surface area contributed by atoms with Crippen LogP contribution in [0.3, 0.4) is 0 Å². The number of rotatable bonds is 5. The van der Waals surface area contributed by atoms with E-state index < -0.39 is 0 Å². The highest BCUT2D eigenvalue weighted by molar-refractivity contribution is 5.96. The van der Waals surface area contributed by atoms with Gasteiger partial charge in [0.15, 0.2) is 0 Å². The highest BCUT2D eigenvalue weighted by Crippen LogP contribution is 2.12. The zero-order valence-electron chi connectivity index (χ0n) is 9.39. The second kappa shape index (κ2) is 6.45. The van der Waals surface area contributed by atoms with Gasteiger partial charge in [0, 0.05) is 11.9 Å². The van der Waals surface area contributed by atoms with Gasteiger partial charge >= 0.3 is 0 Å². The summed E-state index contributed by atoms with van der Waals surface area (Å²) in [6.45, 7) is 5.91. The average molecular weight is 216 g/mol. The number of aliphatic imine (C=N–C) groups is 1. The van der Waals surface area contributed by atoms with Gasteiger partial charge in [0.25, 0.3) is 0 Å². The summed E-state index contributed by atoms with van der Waals surface area (Å²) in [5, 5.41) is 0. The second-order valence-electron chi connectivity index (χ2n) is 3.16. The molecule has 0 aliphatic rings. The van der Waals surface area contributed by atoms with Gasteiger partial charge in [-0.1, -0.05) is 12.7 Å². The molecule has 0 saturated carbocycles. The number of benzene rings is 1. The lowest BCUT2D eigenvalue weighted by molar-refractivity contribution is 0.377. The van der Waals surface area contributed by atoms with Crippen LogP contribution in [0.5, 0.6) is 5.75 Å². The largest absolute Gasteiger partial charge is 0.487 e. The minimum atomic E-state index is 0.417. The van der Waals surface area contributed by atoms with Crippen LogP contribution in [0.15, 0.2) is 54.2 Å². The Bertz CT molecular complexity index is 391. The predicted molar refractivity (Wildman–Crippen MR) is 68.8 cm³/mol. The van der Waals surface area contributed by atoms with Gasteiger partial charge in [0.05, 0.1) is 5.71 Å². The number of hydrogen-bond donors (Lipinski definition) is 1. The molecule has 0 unspecified atom stereocenters. The smallest absolute Gasteiger partial charge is 0.130 e. The number of nitrogens with zero attached hydrogens (tertiary/aromatic N) is 1. The van der Waals surface area contributed by atoms with Gasteiger partial charge in [0.2, 0.25) is 0 Å². The van der Waals surface area contributed by atoms with Crippen LogP contribution in [-0.2, 0) is 0 Å². The number of nitrogen functional groups attached to an aromatic ring is 1. The van der Waals surface area contributed by atoms with E-state index in [1.54, 1.807) is 12.1 Å². The van der Waals surface area contributed by atoms with Crippen molar-refractivity contribution in [3.63, 3.8) is 0 Å². The molecule has 0 amide bonds. The van der Waals surface area contributed by atoms with Gasteiger partial charge in [-0.05, 0) is 37.3 Å². The zero-order chi connectivity index (χ0) is 11.8. The predicted octanol–water partition coefficient (Wildman–Crippen LogP) is 2.81. The van der Waals surface area contributed by atoms with Crippen molar-refractivity contribution in [1.82, 2.24) is 0 Å². The molecule has 1 rings (SSSR count). The van der Waals surface area contributed by atoms with Crippen molar-refractivity contribution >= 4 is 11.4 Å². The second-order valence-corrected chi connectivity index (χ2v) is 3.16. The molecule has 0 aliphatic carbocycles. The molecule has 0 radical (unpaired) electrons. The van der Waals surface area contributed by atoms with Gasteiger partial charge < -0.3 is 10.5 Å². The van der Waals surface area contributed by atoms with E-state index in [1.165, 1.54) is 6.20 Å². The number of anilines is 1. The summed E-state index contributed by atoms with van der Waals surface area (Å²) in [6.07, 6.45) is 5.30. The quantitative estimate of drug-likeness (QED) is 0.607. The van der Waals surface area contributed by atoms with E-state index in [9.17, 15) is 0 Å². The molecule has 0 aliphatic heterocycles. The molecule has 1 aromatic rings. The number of nitrogens with two attached hydrogens (primary N) is 1. The van der Waals surface area contributed by atoms with Crippen LogP contribution < -0.4 is 10.5 Å². The standard InChI is InChI=1S/C13H16N2O/c1-3-5-12(15-4-2)10-16-13-8-6-11(14)7-9-13/h3-9H,2,10,14H2,1H3/b5-3-,15-12?. The van der Waals surface area contributed by atoms with E-state index in [2.05, 4.69) is 11.6 Å². The van der Waals surface area contributed by atoms with Crippen LogP contribution in [0.4, 0.5) is 5.69 Å². The first-order valence-electron chi connectivity index (χ1n) is 5.05. The van der Waals surface area contributed by atoms with Gasteiger partial charge in [-0.15, -0.1) is 0 Å². The van der Waals surface area contributed by atoms with Gasteiger partial charge in [-0.3, -0.25) is 4.99 Å². The maximum atomic E-state index is 5.57. The van der Waals surface area contributed by atoms with E-state index in [0.29, 0.717) is 6.61 Å². The summed E-state index contributed by atoms with van der Waals surface area (Å²) in [6, 6.07) is 7.26. The van der Waals surface area contributed by atoms with Crippen molar-refractivity contribution in [3.05, 3.63) is 49.2 Å². The fraction of sp³-hybridized carbons (Fsp3) is 0.154. The molecule has 3 nitrogen and oxygen atoms in total. The van der Waals surface area contributed by atoms with Crippen molar-refractivity contribution in [3.8, 4) is 5.75 Å². The van der Waals surface area contributed by atoms with Crippen molar-refractivity contribution in [1.29, 1.82) is 0 Å². The van der Waals surface area contributed by atoms with E-state index in [-0.39, 0.29) is 0 Å². The molecular formula is C13H16N2O. The van der Waals surface area contributed by atoms with E-state index in [4.69, 9.17) is 10.5 Å². The van der Waals surface area contributed by atoms with Gasteiger partial charge in [-0.2, -0.15) is 0 Å². The maximum absolute atomic E-state index is 5.57. The highest BCUT2D eigenvalue weighted by Gasteiger charge is 1.96. The molecule has 0 heterocycles. The monoisotopic (exact) mass is 216 g/mol. The fourth-order valence-corrected chi connectivity index (χ4v) is 1.16. The van der Waals surface area contributed by atoms with Gasteiger partial charge in [-0.25, -0.2) is 0 Å². The molecular weight excluding hydrogens is 200 g/mol. The van der Waals surface area contributed by atoms with Crippen LogP contribution in [0.2, 0.25) is 0 Å². The Morgan fingerprint density at radius 1 is 1.44 bits per heavy atom. The van der Waals surface area contributed by atoms with Crippen molar-refractivity contribution in [2.75, 3.05) is 12.3 Å². The third kappa shape index (κ3) is 4.00. The first-order valence-corrected chi connectivity index (χ1v) is 5.05. The molecule has 0 spiro atoms. The first kappa shape index (κ1) is 12.0. The summed E-state index contributed by atoms with van der Waals surface area (Å²) >= 11 is 0. The Kier molecular flexibility index (Phi) is 4.86. The van der Waals surface area contributed by atoms with E-state index >= 15 is 0 Å². The van der Waals surface area contributed by atoms with Crippen molar-refractivity contribution in [2.45, 2.75) is 6.92 Å². The maximum Gasteiger partial charge on any atom is 0.130 e. The van der Waals surface area contributed by atoms with Crippen LogP contribution in [0.25, 0.3) is 0 Å². The SMILES string of the molecule is C=CN=C(/C=C\C)COc1ccc(N)cc1. The Balaban J connectivity index is 2.58. The molecule has 0 bridgehead atoms. The Hall–Kier alpha value is -2.03. The highest BCUT2D eigenvalue weighted by atomic mass is 16.5. The van der Waals surface area contributed by atoms with Crippen LogP contribution in [0.1, 0.15) is 6.92 Å². The Morgan fingerprint density at radius 2 is 2.12 bits per heavy atom. The molecule has 2 N–H and O–H groups in total. The third-order valence-corrected chi connectivity index (χ3v) is 1.88. The van der Waals surface area contributed by atoms with E-state index in [1.807, 2.05) is 31.2 Å². The Labute approximate surface area is 96.0 Å². The normalized spacial score (nSPS) is 11.7. The lowest BCUT2D eigenvalue weighted by Gasteiger charge is -2.05. The molecule has 16 heavy (non-hydrogen) atoms. The van der Waals surface area contributed by atoms with Crippen LogP contribution >= 0.6 is 0 Å². The molecule has 0 aromatic heterocycles. The molecule has 0 atom stereocenters. The minimum absolute atomic E-state index is 0.417. The fourth-order valence-electron chi connectivity index (χ4n) is 1.16. The molecule has 0 fully saturated rings. The first-order chi connectivity index (χ1) is 7.76. The van der Waals surface area contributed by atoms with Crippen molar-refractivity contribution < 1.29 is 4.74 Å². The summed E-state index contributed by atoms with van der Waals surface area (Å²) in [5.41, 5.74) is 7.13. The molecule has 0 saturated heterocycles. The zero-order valence-corrected chi connectivity index (χ0v) is 9.39. The summed E-state index contributed by atoms with van der Waals surface area (Å²) in [4.78, 5) is 4.09. The van der Waals surface area contributed by atoms with E-state index in [0.717, 1.165) is 17.1 Å². The molecule has 1 aromatic carbocycles. The average Bonchev–Trinajstić information content (AvgIpc) is 2.29. The minimum Gasteiger partial charge on any atom is -0.487 e. The van der Waals surface area contributed by atoms with Crippen molar-refractivity contribution in [2.24, 2.45) is 4.99 Å². The Morgan fingerprint density at radius 3 is 2.69 bits per heavy atom.